The summed E-state index contributed by atoms with van der Waals surface area (Å²) in [5, 5.41) is 3.22. The summed E-state index contributed by atoms with van der Waals surface area (Å²) in [5.74, 6) is 0. The van der Waals surface area contributed by atoms with Crippen molar-refractivity contribution >= 4 is 0 Å². The van der Waals surface area contributed by atoms with Gasteiger partial charge in [0.15, 0.2) is 0 Å². The largest absolute Gasteiger partial charge is 0.522 e. The Morgan fingerprint density at radius 3 is 2.82 bits per heavy atom. The molecular formula is C11H17F3N2O. The lowest BCUT2D eigenvalue weighted by Crippen LogP contribution is -2.17. The van der Waals surface area contributed by atoms with Crippen LogP contribution in [0.3, 0.4) is 0 Å². The highest BCUT2D eigenvalue weighted by atomic mass is 19.4. The molecule has 0 aliphatic rings. The number of hydrogen-bond acceptors (Lipinski definition) is 2. The van der Waals surface area contributed by atoms with Crippen molar-refractivity contribution in [3.05, 3.63) is 24.0 Å². The SMILES string of the molecule is CCCNCc1ccn(CCOC(F)(F)F)c1. The lowest BCUT2D eigenvalue weighted by Gasteiger charge is -2.07. The van der Waals surface area contributed by atoms with Crippen molar-refractivity contribution in [2.24, 2.45) is 0 Å². The second-order valence-electron chi connectivity index (χ2n) is 3.73. The highest BCUT2D eigenvalue weighted by Gasteiger charge is 2.28. The van der Waals surface area contributed by atoms with Gasteiger partial charge in [0.1, 0.15) is 0 Å². The van der Waals surface area contributed by atoms with Gasteiger partial charge >= 0.3 is 6.36 Å². The fourth-order valence-electron chi connectivity index (χ4n) is 1.41. The van der Waals surface area contributed by atoms with Crippen LogP contribution in [0.5, 0.6) is 0 Å². The van der Waals surface area contributed by atoms with Gasteiger partial charge in [-0.05, 0) is 24.6 Å². The molecule has 0 unspecified atom stereocenters. The van der Waals surface area contributed by atoms with E-state index in [1.165, 1.54) is 0 Å². The molecule has 17 heavy (non-hydrogen) atoms. The van der Waals surface area contributed by atoms with Gasteiger partial charge in [-0.15, -0.1) is 13.2 Å². The summed E-state index contributed by atoms with van der Waals surface area (Å²) in [6.45, 7) is 3.59. The van der Waals surface area contributed by atoms with Crippen molar-refractivity contribution in [2.45, 2.75) is 32.8 Å². The maximum absolute atomic E-state index is 11.7. The van der Waals surface area contributed by atoms with Gasteiger partial charge in [0.2, 0.25) is 0 Å². The molecule has 0 aromatic carbocycles. The predicted octanol–water partition coefficient (Wildman–Crippen LogP) is 2.52. The maximum atomic E-state index is 11.7. The minimum Gasteiger partial charge on any atom is -0.352 e. The summed E-state index contributed by atoms with van der Waals surface area (Å²) >= 11 is 0. The molecule has 0 bridgehead atoms. The van der Waals surface area contributed by atoms with Gasteiger partial charge < -0.3 is 9.88 Å². The van der Waals surface area contributed by atoms with Crippen LogP contribution >= 0.6 is 0 Å². The number of nitrogens with one attached hydrogen (secondary N) is 1. The first-order valence-electron chi connectivity index (χ1n) is 5.57. The van der Waals surface area contributed by atoms with Crippen molar-refractivity contribution < 1.29 is 17.9 Å². The third kappa shape index (κ3) is 6.33. The standard InChI is InChI=1S/C11H17F3N2O/c1-2-4-15-8-10-3-5-16(9-10)6-7-17-11(12,13)14/h3,5,9,15H,2,4,6-8H2,1H3. The zero-order valence-electron chi connectivity index (χ0n) is 9.76. The first-order valence-corrected chi connectivity index (χ1v) is 5.57. The normalized spacial score (nSPS) is 12.0. The van der Waals surface area contributed by atoms with E-state index in [1.807, 2.05) is 12.3 Å². The average Bonchev–Trinajstić information content (AvgIpc) is 2.64. The van der Waals surface area contributed by atoms with Crippen LogP contribution in [-0.2, 0) is 17.8 Å². The van der Waals surface area contributed by atoms with Crippen molar-refractivity contribution in [1.82, 2.24) is 9.88 Å². The van der Waals surface area contributed by atoms with Crippen LogP contribution in [-0.4, -0.2) is 24.1 Å². The third-order valence-electron chi connectivity index (χ3n) is 2.18. The second kappa shape index (κ2) is 6.66. The van der Waals surface area contributed by atoms with Gasteiger partial charge in [0.05, 0.1) is 6.61 Å². The van der Waals surface area contributed by atoms with Gasteiger partial charge in [-0.1, -0.05) is 6.92 Å². The van der Waals surface area contributed by atoms with Crippen LogP contribution in [0.1, 0.15) is 18.9 Å². The topological polar surface area (TPSA) is 26.2 Å². The maximum Gasteiger partial charge on any atom is 0.522 e. The van der Waals surface area contributed by atoms with Gasteiger partial charge in [-0.3, -0.25) is 4.74 Å². The number of aromatic nitrogens is 1. The number of nitrogens with zero attached hydrogens (tertiary/aromatic N) is 1. The molecule has 0 radical (unpaired) electrons. The van der Waals surface area contributed by atoms with E-state index >= 15 is 0 Å². The van der Waals surface area contributed by atoms with Gasteiger partial charge in [-0.2, -0.15) is 0 Å². The third-order valence-corrected chi connectivity index (χ3v) is 2.18. The molecule has 0 fully saturated rings. The van der Waals surface area contributed by atoms with Crippen LogP contribution in [0.2, 0.25) is 0 Å². The molecule has 1 rings (SSSR count). The van der Waals surface area contributed by atoms with E-state index in [9.17, 15) is 13.2 Å². The first kappa shape index (κ1) is 14.1. The van der Waals surface area contributed by atoms with Crippen molar-refractivity contribution in [3.8, 4) is 0 Å². The molecule has 1 aromatic heterocycles. The Bertz CT molecular complexity index is 323. The van der Waals surface area contributed by atoms with Gasteiger partial charge in [-0.25, -0.2) is 0 Å². The number of halogens is 3. The number of alkyl halides is 3. The fourth-order valence-corrected chi connectivity index (χ4v) is 1.41. The van der Waals surface area contributed by atoms with Crippen molar-refractivity contribution in [1.29, 1.82) is 0 Å². The highest BCUT2D eigenvalue weighted by molar-refractivity contribution is 5.09. The minimum absolute atomic E-state index is 0.202. The number of hydrogen-bond donors (Lipinski definition) is 1. The molecule has 1 heterocycles. The molecule has 1 N–H and O–H groups in total. The molecule has 0 atom stereocenters. The van der Waals surface area contributed by atoms with Crippen LogP contribution < -0.4 is 5.32 Å². The van der Waals surface area contributed by atoms with E-state index in [0.717, 1.165) is 25.1 Å². The molecule has 6 heteroatoms. The summed E-state index contributed by atoms with van der Waals surface area (Å²) in [4.78, 5) is 0. The fraction of sp³-hybridized carbons (Fsp3) is 0.636. The molecular weight excluding hydrogens is 233 g/mol. The molecule has 0 saturated heterocycles. The zero-order chi connectivity index (χ0) is 12.7. The second-order valence-corrected chi connectivity index (χ2v) is 3.73. The Morgan fingerprint density at radius 2 is 2.18 bits per heavy atom. The molecule has 3 nitrogen and oxygen atoms in total. The van der Waals surface area contributed by atoms with Crippen molar-refractivity contribution in [2.75, 3.05) is 13.2 Å². The monoisotopic (exact) mass is 250 g/mol. The molecule has 0 spiro atoms. The van der Waals surface area contributed by atoms with Crippen LogP contribution in [0.4, 0.5) is 13.2 Å². The lowest BCUT2D eigenvalue weighted by molar-refractivity contribution is -0.325. The number of rotatable bonds is 7. The van der Waals surface area contributed by atoms with Crippen LogP contribution in [0.15, 0.2) is 18.5 Å². The molecule has 1 aromatic rings. The Balaban J connectivity index is 2.26. The van der Waals surface area contributed by atoms with E-state index in [-0.39, 0.29) is 13.2 Å². The number of ether oxygens (including phenoxy) is 1. The summed E-state index contributed by atoms with van der Waals surface area (Å²) < 4.78 is 40.6. The zero-order valence-corrected chi connectivity index (χ0v) is 9.76. The quantitative estimate of drug-likeness (QED) is 0.753. The minimum atomic E-state index is -4.54. The molecule has 0 aliphatic carbocycles. The molecule has 98 valence electrons. The Hall–Kier alpha value is -1.01. The smallest absolute Gasteiger partial charge is 0.352 e. The van der Waals surface area contributed by atoms with E-state index < -0.39 is 6.36 Å². The van der Waals surface area contributed by atoms with E-state index in [2.05, 4.69) is 17.0 Å². The summed E-state index contributed by atoms with van der Waals surface area (Å²) in [7, 11) is 0. The highest BCUT2D eigenvalue weighted by Crippen LogP contribution is 2.15. The lowest BCUT2D eigenvalue weighted by atomic mass is 10.3. The van der Waals surface area contributed by atoms with E-state index in [1.54, 1.807) is 10.8 Å². The predicted molar refractivity (Wildman–Crippen MR) is 58.4 cm³/mol. The molecule has 0 saturated carbocycles. The van der Waals surface area contributed by atoms with Crippen molar-refractivity contribution in [3.63, 3.8) is 0 Å². The van der Waals surface area contributed by atoms with Crippen LogP contribution in [0.25, 0.3) is 0 Å². The van der Waals surface area contributed by atoms with Gasteiger partial charge in [0, 0.05) is 25.5 Å². The van der Waals surface area contributed by atoms with E-state index in [0.29, 0.717) is 0 Å². The van der Waals surface area contributed by atoms with E-state index in [4.69, 9.17) is 0 Å². The van der Waals surface area contributed by atoms with Gasteiger partial charge in [0.25, 0.3) is 0 Å². The molecule has 0 amide bonds. The van der Waals surface area contributed by atoms with Crippen LogP contribution in [0, 0.1) is 0 Å². The average molecular weight is 250 g/mol. The summed E-state index contributed by atoms with van der Waals surface area (Å²) in [6, 6.07) is 1.89. The Labute approximate surface area is 98.6 Å². The Morgan fingerprint density at radius 1 is 1.41 bits per heavy atom. The first-order chi connectivity index (χ1) is 8.01. The summed E-state index contributed by atoms with van der Waals surface area (Å²) in [6.07, 6.45) is 0.0872. The Kier molecular flexibility index (Phi) is 5.50. The molecule has 0 aliphatic heterocycles. The summed E-state index contributed by atoms with van der Waals surface area (Å²) in [5.41, 5.74) is 1.06.